The summed E-state index contributed by atoms with van der Waals surface area (Å²) in [5.74, 6) is -1.58. The van der Waals surface area contributed by atoms with E-state index in [1.165, 1.54) is 6.07 Å². The molecule has 1 aliphatic rings. The van der Waals surface area contributed by atoms with Crippen LogP contribution in [0.25, 0.3) is 0 Å². The van der Waals surface area contributed by atoms with Crippen LogP contribution < -0.4 is 13.8 Å². The summed E-state index contributed by atoms with van der Waals surface area (Å²) in [4.78, 5) is 11.6. The van der Waals surface area contributed by atoms with Gasteiger partial charge in [0.2, 0.25) is 0 Å². The maximum Gasteiger partial charge on any atom is 0.326 e. The number of aliphatic hydroxyl groups excluding tert-OH is 1. The smallest absolute Gasteiger partial charge is 0.326 e. The molecular formula is C18H18BrFN2O5S. The predicted octanol–water partition coefficient (Wildman–Crippen LogP) is 2.27. The minimum atomic E-state index is -4.22. The Kier molecular flexibility index (Phi) is 6.21. The third-order valence-corrected chi connectivity index (χ3v) is 6.23. The van der Waals surface area contributed by atoms with Gasteiger partial charge in [0, 0.05) is 16.6 Å². The first kappa shape index (κ1) is 20.6. The lowest BCUT2D eigenvalue weighted by molar-refractivity contribution is -0.117. The summed E-state index contributed by atoms with van der Waals surface area (Å²) in [5.41, 5.74) is 0.684. The minimum Gasteiger partial charge on any atom is -0.487 e. The van der Waals surface area contributed by atoms with Crippen molar-refractivity contribution in [2.24, 2.45) is 0 Å². The van der Waals surface area contributed by atoms with E-state index in [0.717, 1.165) is 5.56 Å². The number of rotatable bonds is 7. The van der Waals surface area contributed by atoms with Gasteiger partial charge in [0.05, 0.1) is 0 Å². The molecule has 0 aliphatic carbocycles. The van der Waals surface area contributed by atoms with E-state index in [9.17, 15) is 13.2 Å². The third kappa shape index (κ3) is 4.29. The third-order valence-electron chi connectivity index (χ3n) is 4.14. The highest BCUT2D eigenvalue weighted by Gasteiger charge is 2.38. The van der Waals surface area contributed by atoms with Gasteiger partial charge in [0.1, 0.15) is 24.6 Å². The van der Waals surface area contributed by atoms with Crippen molar-refractivity contribution in [2.45, 2.75) is 19.4 Å². The fraction of sp³-hybridized carbons (Fsp3) is 0.278. The summed E-state index contributed by atoms with van der Waals surface area (Å²) < 4.78 is 48.5. The van der Waals surface area contributed by atoms with Gasteiger partial charge in [-0.1, -0.05) is 46.3 Å². The van der Waals surface area contributed by atoms with Crippen LogP contribution in [0.4, 0.5) is 10.1 Å². The lowest BCUT2D eigenvalue weighted by Gasteiger charge is -2.22. The number of hydrogen-bond donors (Lipinski definition) is 2. The van der Waals surface area contributed by atoms with E-state index in [4.69, 9.17) is 9.84 Å². The summed E-state index contributed by atoms with van der Waals surface area (Å²) in [6.07, 6.45) is 0.479. The van der Waals surface area contributed by atoms with Crippen LogP contribution in [-0.2, 0) is 28.0 Å². The largest absolute Gasteiger partial charge is 0.487 e. The van der Waals surface area contributed by atoms with E-state index in [1.54, 1.807) is 0 Å². The Bertz CT molecular complexity index is 985. The normalized spacial score (nSPS) is 15.5. The average Bonchev–Trinajstić information content (AvgIpc) is 2.92. The summed E-state index contributed by atoms with van der Waals surface area (Å²) in [6, 6.07) is 10.6. The topological polar surface area (TPSA) is 95.9 Å². The zero-order valence-electron chi connectivity index (χ0n) is 14.7. The number of hydrogen-bond acceptors (Lipinski definition) is 5. The van der Waals surface area contributed by atoms with Gasteiger partial charge in [-0.3, -0.25) is 4.79 Å². The number of anilines is 1. The Morgan fingerprint density at radius 2 is 2.00 bits per heavy atom. The SMILES string of the molecule is O=C1CN(c2c(OCc3ccccc3)cc(Br)c(CCCO)c2F)S(=O)(=O)N1. The van der Waals surface area contributed by atoms with Crippen LogP contribution in [0.2, 0.25) is 0 Å². The lowest BCUT2D eigenvalue weighted by atomic mass is 10.1. The summed E-state index contributed by atoms with van der Waals surface area (Å²) in [7, 11) is -4.22. The fourth-order valence-corrected chi connectivity index (χ4v) is 4.58. The molecule has 0 aromatic heterocycles. The van der Waals surface area contributed by atoms with Gasteiger partial charge in [-0.15, -0.1) is 0 Å². The van der Waals surface area contributed by atoms with Gasteiger partial charge in [0.15, 0.2) is 5.82 Å². The Hall–Kier alpha value is -2.17. The van der Waals surface area contributed by atoms with Gasteiger partial charge in [-0.2, -0.15) is 8.42 Å². The molecule has 2 aromatic carbocycles. The Labute approximate surface area is 170 Å². The first-order valence-electron chi connectivity index (χ1n) is 8.45. The Morgan fingerprint density at radius 1 is 1.29 bits per heavy atom. The number of nitrogens with zero attached hydrogens (tertiary/aromatic N) is 1. The molecule has 2 N–H and O–H groups in total. The second-order valence-electron chi connectivity index (χ2n) is 6.14. The summed E-state index contributed by atoms with van der Waals surface area (Å²) in [6.45, 7) is -0.595. The summed E-state index contributed by atoms with van der Waals surface area (Å²) >= 11 is 3.29. The molecule has 1 heterocycles. The number of benzene rings is 2. The molecule has 28 heavy (non-hydrogen) atoms. The van der Waals surface area contributed by atoms with Crippen molar-refractivity contribution >= 4 is 37.7 Å². The molecule has 10 heteroatoms. The van der Waals surface area contributed by atoms with Crippen molar-refractivity contribution < 1.29 is 27.4 Å². The first-order valence-corrected chi connectivity index (χ1v) is 10.7. The molecule has 2 aromatic rings. The molecule has 0 atom stereocenters. The molecule has 0 spiro atoms. The molecule has 0 unspecified atom stereocenters. The van der Waals surface area contributed by atoms with Gasteiger partial charge >= 0.3 is 10.2 Å². The Morgan fingerprint density at radius 3 is 2.61 bits per heavy atom. The lowest BCUT2D eigenvalue weighted by Crippen LogP contribution is -2.31. The predicted molar refractivity (Wildman–Crippen MR) is 105 cm³/mol. The number of carbonyl (C=O) groups excluding carboxylic acids is 1. The fourth-order valence-electron chi connectivity index (χ4n) is 2.84. The van der Waals surface area contributed by atoms with Crippen molar-refractivity contribution in [1.82, 2.24) is 4.72 Å². The van der Waals surface area contributed by atoms with E-state index in [-0.39, 0.29) is 36.6 Å². The molecule has 1 saturated heterocycles. The van der Waals surface area contributed by atoms with Gasteiger partial charge in [-0.25, -0.2) is 13.4 Å². The molecule has 3 rings (SSSR count). The highest BCUT2D eigenvalue weighted by atomic mass is 79.9. The van der Waals surface area contributed by atoms with Crippen molar-refractivity contribution in [3.63, 3.8) is 0 Å². The zero-order chi connectivity index (χ0) is 20.3. The van der Waals surface area contributed by atoms with Crippen LogP contribution in [0.15, 0.2) is 40.9 Å². The molecular weight excluding hydrogens is 455 g/mol. The van der Waals surface area contributed by atoms with Crippen LogP contribution in [-0.4, -0.2) is 32.6 Å². The van der Waals surface area contributed by atoms with Crippen LogP contribution in [0.3, 0.4) is 0 Å². The number of amides is 1. The van der Waals surface area contributed by atoms with Crippen LogP contribution >= 0.6 is 15.9 Å². The number of ether oxygens (including phenoxy) is 1. The minimum absolute atomic E-state index is 0.0129. The molecule has 7 nitrogen and oxygen atoms in total. The van der Waals surface area contributed by atoms with Gasteiger partial charge in [0.25, 0.3) is 5.91 Å². The molecule has 0 saturated carbocycles. The van der Waals surface area contributed by atoms with E-state index in [2.05, 4.69) is 15.9 Å². The second kappa shape index (κ2) is 8.46. The monoisotopic (exact) mass is 472 g/mol. The standard InChI is InChI=1S/C18H18BrFN2O5S/c19-14-9-15(27-11-12-5-2-1-3-6-12)18(17(20)13(14)7-4-8-23)22-10-16(24)21-28(22,25)26/h1-3,5-6,9,23H,4,7-8,10-11H2,(H,21,24). The highest BCUT2D eigenvalue weighted by Crippen LogP contribution is 2.40. The van der Waals surface area contributed by atoms with Crippen LogP contribution in [0.5, 0.6) is 5.75 Å². The van der Waals surface area contributed by atoms with Crippen LogP contribution in [0, 0.1) is 5.82 Å². The summed E-state index contributed by atoms with van der Waals surface area (Å²) in [5, 5.41) is 9.05. The quantitative estimate of drug-likeness (QED) is 0.644. The molecule has 1 fully saturated rings. The average molecular weight is 473 g/mol. The highest BCUT2D eigenvalue weighted by molar-refractivity contribution is 9.10. The number of carbonyl (C=O) groups is 1. The number of halogens is 2. The molecule has 1 amide bonds. The van der Waals surface area contributed by atoms with E-state index in [1.807, 2.05) is 35.1 Å². The number of aliphatic hydroxyl groups is 1. The molecule has 1 aliphatic heterocycles. The van der Waals surface area contributed by atoms with E-state index >= 15 is 4.39 Å². The zero-order valence-corrected chi connectivity index (χ0v) is 17.1. The molecule has 0 bridgehead atoms. The van der Waals surface area contributed by atoms with E-state index < -0.39 is 28.5 Å². The van der Waals surface area contributed by atoms with Crippen LogP contribution in [0.1, 0.15) is 17.5 Å². The maximum absolute atomic E-state index is 15.3. The van der Waals surface area contributed by atoms with Gasteiger partial charge < -0.3 is 9.84 Å². The molecule has 0 radical (unpaired) electrons. The van der Waals surface area contributed by atoms with Crippen molar-refractivity contribution in [2.75, 3.05) is 17.5 Å². The van der Waals surface area contributed by atoms with Crippen molar-refractivity contribution in [3.05, 3.63) is 57.8 Å². The van der Waals surface area contributed by atoms with Crippen molar-refractivity contribution in [1.29, 1.82) is 0 Å². The van der Waals surface area contributed by atoms with Crippen molar-refractivity contribution in [3.8, 4) is 5.75 Å². The van der Waals surface area contributed by atoms with E-state index in [0.29, 0.717) is 15.2 Å². The maximum atomic E-state index is 15.3. The second-order valence-corrected chi connectivity index (χ2v) is 8.59. The number of nitrogens with one attached hydrogen (secondary N) is 1. The van der Waals surface area contributed by atoms with Gasteiger partial charge in [-0.05, 0) is 24.5 Å². The molecule has 150 valence electrons. The Balaban J connectivity index is 2.05. The first-order chi connectivity index (χ1) is 13.3.